The Morgan fingerprint density at radius 3 is 2.69 bits per heavy atom. The fraction of sp³-hybridized carbons (Fsp3) is 0.0833. The molecule has 4 rings (SSSR count). The summed E-state index contributed by atoms with van der Waals surface area (Å²) in [5.41, 5.74) is 5.14. The number of terminal acetylenes is 1. The van der Waals surface area contributed by atoms with Crippen LogP contribution in [0.25, 0.3) is 17.2 Å². The van der Waals surface area contributed by atoms with Crippen molar-refractivity contribution in [1.29, 1.82) is 5.26 Å². The number of nitriles is 1. The number of methoxy groups -OCH3 is 1. The zero-order valence-corrected chi connectivity index (χ0v) is 17.5. The third kappa shape index (κ3) is 4.20. The second kappa shape index (κ2) is 8.90. The molecule has 2 aromatic carbocycles. The highest BCUT2D eigenvalue weighted by Crippen LogP contribution is 2.34. The number of nitrogens with one attached hydrogen (secondary N) is 3. The van der Waals surface area contributed by atoms with Crippen LogP contribution in [0.5, 0.6) is 5.75 Å². The molecule has 0 atom stereocenters. The molecule has 4 aromatic rings. The number of hydrogen-bond acceptors (Lipinski definition) is 7. The minimum atomic E-state index is 0.374. The number of allylic oxidation sites excluding steroid dienone is 1. The molecule has 3 N–H and O–H groups in total. The minimum absolute atomic E-state index is 0.374. The van der Waals surface area contributed by atoms with E-state index in [1.807, 2.05) is 25.1 Å². The van der Waals surface area contributed by atoms with E-state index in [1.54, 1.807) is 43.8 Å². The van der Waals surface area contributed by atoms with Gasteiger partial charge in [0.15, 0.2) is 17.0 Å². The summed E-state index contributed by atoms with van der Waals surface area (Å²) in [7, 11) is 1.61. The van der Waals surface area contributed by atoms with Gasteiger partial charge in [0, 0.05) is 5.69 Å². The normalized spacial score (nSPS) is 10.6. The predicted molar refractivity (Wildman–Crippen MR) is 125 cm³/mol. The second-order valence-electron chi connectivity index (χ2n) is 6.85. The first kappa shape index (κ1) is 20.5. The number of aromatic nitrogens is 4. The average Bonchev–Trinajstić information content (AvgIpc) is 3.28. The van der Waals surface area contributed by atoms with Crippen LogP contribution in [-0.4, -0.2) is 27.0 Å². The molecule has 0 aliphatic carbocycles. The number of anilines is 4. The number of fused-ring (bicyclic) bond motifs is 1. The first-order valence-corrected chi connectivity index (χ1v) is 9.68. The van der Waals surface area contributed by atoms with Gasteiger partial charge >= 0.3 is 0 Å². The Morgan fingerprint density at radius 1 is 1.16 bits per heavy atom. The fourth-order valence-corrected chi connectivity index (χ4v) is 3.20. The number of hydrogen-bond donors (Lipinski definition) is 3. The van der Waals surface area contributed by atoms with E-state index in [9.17, 15) is 0 Å². The summed E-state index contributed by atoms with van der Waals surface area (Å²) in [6.07, 6.45) is 10.4. The van der Waals surface area contributed by atoms with Gasteiger partial charge in [0.05, 0.1) is 30.8 Å². The van der Waals surface area contributed by atoms with Gasteiger partial charge in [-0.25, -0.2) is 4.98 Å². The number of H-pyrrole nitrogens is 1. The van der Waals surface area contributed by atoms with E-state index in [1.165, 1.54) is 0 Å². The predicted octanol–water partition coefficient (Wildman–Crippen LogP) is 4.68. The van der Waals surface area contributed by atoms with Crippen molar-refractivity contribution in [2.24, 2.45) is 0 Å². The van der Waals surface area contributed by atoms with Gasteiger partial charge in [-0.05, 0) is 66.6 Å². The Bertz CT molecular complexity index is 1390. The monoisotopic (exact) mass is 421 g/mol. The van der Waals surface area contributed by atoms with Gasteiger partial charge in [-0.2, -0.15) is 15.2 Å². The standard InChI is InChI=1S/C24H19N7O/c1-4-5-6-17-11-15(2)20(19(12-17)32-3)29-23-21-22(27-14-26-21)30-24(31-23)28-18-9-7-16(13-25)8-10-18/h1,5-12,14H,2-3H3,(H3,26,27,28,29,30,31)/b6-5+. The molecule has 32 heavy (non-hydrogen) atoms. The summed E-state index contributed by atoms with van der Waals surface area (Å²) in [4.78, 5) is 16.5. The molecule has 0 amide bonds. The lowest BCUT2D eigenvalue weighted by atomic mass is 10.1. The maximum Gasteiger partial charge on any atom is 0.231 e. The first-order valence-electron chi connectivity index (χ1n) is 9.68. The number of benzene rings is 2. The Morgan fingerprint density at radius 2 is 1.97 bits per heavy atom. The number of aromatic amines is 1. The summed E-state index contributed by atoms with van der Waals surface area (Å²) in [6.45, 7) is 1.97. The number of imidazole rings is 1. The lowest BCUT2D eigenvalue weighted by Crippen LogP contribution is -2.04. The summed E-state index contributed by atoms with van der Waals surface area (Å²) >= 11 is 0. The van der Waals surface area contributed by atoms with Gasteiger partial charge in [0.1, 0.15) is 5.75 Å². The molecular weight excluding hydrogens is 402 g/mol. The van der Waals surface area contributed by atoms with E-state index in [4.69, 9.17) is 16.4 Å². The molecule has 8 heteroatoms. The molecule has 0 unspecified atom stereocenters. The number of nitrogens with zero attached hydrogens (tertiary/aromatic N) is 4. The maximum atomic E-state index is 8.98. The van der Waals surface area contributed by atoms with Crippen molar-refractivity contribution in [3.63, 3.8) is 0 Å². The van der Waals surface area contributed by atoms with Crippen LogP contribution in [0.4, 0.5) is 23.1 Å². The van der Waals surface area contributed by atoms with E-state index >= 15 is 0 Å². The van der Waals surface area contributed by atoms with Gasteiger partial charge < -0.3 is 20.4 Å². The highest BCUT2D eigenvalue weighted by atomic mass is 16.5. The van der Waals surface area contributed by atoms with E-state index in [0.29, 0.717) is 34.2 Å². The second-order valence-corrected chi connectivity index (χ2v) is 6.85. The summed E-state index contributed by atoms with van der Waals surface area (Å²) in [6, 6.07) is 13.0. The van der Waals surface area contributed by atoms with Crippen LogP contribution in [0.3, 0.4) is 0 Å². The highest BCUT2D eigenvalue weighted by Gasteiger charge is 2.15. The Labute approximate surface area is 185 Å². The highest BCUT2D eigenvalue weighted by molar-refractivity contribution is 5.88. The van der Waals surface area contributed by atoms with Gasteiger partial charge in [-0.1, -0.05) is 5.92 Å². The van der Waals surface area contributed by atoms with E-state index in [2.05, 4.69) is 42.6 Å². The van der Waals surface area contributed by atoms with E-state index in [0.717, 1.165) is 22.5 Å². The van der Waals surface area contributed by atoms with Crippen molar-refractivity contribution in [2.75, 3.05) is 17.7 Å². The molecule has 0 saturated heterocycles. The molecule has 2 heterocycles. The molecule has 0 fully saturated rings. The van der Waals surface area contributed by atoms with Crippen LogP contribution in [0.15, 0.2) is 48.8 Å². The molecule has 0 radical (unpaired) electrons. The molecule has 0 bridgehead atoms. The van der Waals surface area contributed by atoms with Crippen molar-refractivity contribution >= 4 is 40.4 Å². The van der Waals surface area contributed by atoms with E-state index < -0.39 is 0 Å². The molecule has 0 aliphatic rings. The Kier molecular flexibility index (Phi) is 5.69. The lowest BCUT2D eigenvalue weighted by molar-refractivity contribution is 0.416. The smallest absolute Gasteiger partial charge is 0.231 e. The molecule has 156 valence electrons. The molecule has 8 nitrogen and oxygen atoms in total. The minimum Gasteiger partial charge on any atom is -0.495 e. The summed E-state index contributed by atoms with van der Waals surface area (Å²) in [5.74, 6) is 4.02. The van der Waals surface area contributed by atoms with Crippen LogP contribution in [0.2, 0.25) is 0 Å². The summed E-state index contributed by atoms with van der Waals surface area (Å²) in [5, 5.41) is 15.5. The van der Waals surface area contributed by atoms with Crippen LogP contribution in [0.1, 0.15) is 16.7 Å². The third-order valence-electron chi connectivity index (χ3n) is 4.71. The SMILES string of the molecule is C#C/C=C/c1cc(C)c(Nc2nc(Nc3ccc(C#N)cc3)nc3[nH]cnc23)c(OC)c1. The van der Waals surface area contributed by atoms with Gasteiger partial charge in [-0.3, -0.25) is 0 Å². The summed E-state index contributed by atoms with van der Waals surface area (Å²) < 4.78 is 5.60. The number of aryl methyl sites for hydroxylation is 1. The molecule has 0 saturated carbocycles. The molecule has 0 spiro atoms. The van der Waals surface area contributed by atoms with Crippen molar-refractivity contribution < 1.29 is 4.74 Å². The van der Waals surface area contributed by atoms with Crippen LogP contribution >= 0.6 is 0 Å². The van der Waals surface area contributed by atoms with Crippen molar-refractivity contribution in [2.45, 2.75) is 6.92 Å². The van der Waals surface area contributed by atoms with Crippen molar-refractivity contribution in [3.8, 4) is 24.2 Å². The molecular formula is C24H19N7O. The van der Waals surface area contributed by atoms with E-state index in [-0.39, 0.29) is 0 Å². The lowest BCUT2D eigenvalue weighted by Gasteiger charge is -2.15. The number of rotatable bonds is 6. The Balaban J connectivity index is 1.71. The zero-order valence-electron chi connectivity index (χ0n) is 17.5. The first-order chi connectivity index (χ1) is 15.6. The van der Waals surface area contributed by atoms with Crippen LogP contribution in [-0.2, 0) is 0 Å². The quantitative estimate of drug-likeness (QED) is 0.388. The van der Waals surface area contributed by atoms with Crippen LogP contribution in [0, 0.1) is 30.6 Å². The fourth-order valence-electron chi connectivity index (χ4n) is 3.20. The van der Waals surface area contributed by atoms with Crippen LogP contribution < -0.4 is 15.4 Å². The van der Waals surface area contributed by atoms with Gasteiger partial charge in [0.25, 0.3) is 0 Å². The zero-order chi connectivity index (χ0) is 22.5. The van der Waals surface area contributed by atoms with Gasteiger partial charge in [0.2, 0.25) is 5.95 Å². The van der Waals surface area contributed by atoms with Crippen molar-refractivity contribution in [1.82, 2.24) is 19.9 Å². The maximum absolute atomic E-state index is 8.98. The number of ether oxygens (including phenoxy) is 1. The van der Waals surface area contributed by atoms with Gasteiger partial charge in [-0.15, -0.1) is 6.42 Å². The Hall–Kier alpha value is -4.82. The average molecular weight is 421 g/mol. The third-order valence-corrected chi connectivity index (χ3v) is 4.71. The molecule has 0 aliphatic heterocycles. The topological polar surface area (TPSA) is 112 Å². The molecule has 2 aromatic heterocycles. The largest absolute Gasteiger partial charge is 0.495 e. The van der Waals surface area contributed by atoms with Crippen molar-refractivity contribution in [3.05, 3.63) is 65.5 Å².